The van der Waals surface area contributed by atoms with Gasteiger partial charge in [-0.15, -0.1) is 0 Å². The molecule has 5 nitrogen and oxygen atoms in total. The summed E-state index contributed by atoms with van der Waals surface area (Å²) in [6.45, 7) is 8.77. The molecule has 0 bridgehead atoms. The van der Waals surface area contributed by atoms with Crippen molar-refractivity contribution in [1.29, 1.82) is 0 Å². The van der Waals surface area contributed by atoms with E-state index in [9.17, 15) is 0 Å². The monoisotopic (exact) mass is 265 g/mol. The minimum absolute atomic E-state index is 0.270. The molecule has 0 aromatic carbocycles. The first-order valence-electron chi connectivity index (χ1n) is 7.21. The molecule has 2 aliphatic rings. The first kappa shape index (κ1) is 13.1. The average Bonchev–Trinajstić information content (AvgIpc) is 3.02. The van der Waals surface area contributed by atoms with Gasteiger partial charge in [0.15, 0.2) is 5.79 Å². The minimum atomic E-state index is -0.270. The van der Waals surface area contributed by atoms with Crippen LogP contribution in [-0.2, 0) is 16.0 Å². The Morgan fingerprint density at radius 1 is 1.26 bits per heavy atom. The van der Waals surface area contributed by atoms with E-state index in [4.69, 9.17) is 9.47 Å². The van der Waals surface area contributed by atoms with Gasteiger partial charge in [0.25, 0.3) is 0 Å². The van der Waals surface area contributed by atoms with E-state index in [1.807, 2.05) is 4.68 Å². The first-order chi connectivity index (χ1) is 9.17. The maximum Gasteiger partial charge on any atom is 0.170 e. The van der Waals surface area contributed by atoms with Crippen molar-refractivity contribution in [1.82, 2.24) is 14.7 Å². The van der Waals surface area contributed by atoms with Crippen LogP contribution < -0.4 is 0 Å². The minimum Gasteiger partial charge on any atom is -0.347 e. The molecule has 0 atom stereocenters. The van der Waals surface area contributed by atoms with Gasteiger partial charge in [0.2, 0.25) is 0 Å². The van der Waals surface area contributed by atoms with E-state index in [1.165, 1.54) is 0 Å². The summed E-state index contributed by atoms with van der Waals surface area (Å²) in [7, 11) is 0. The second-order valence-electron chi connectivity index (χ2n) is 5.76. The fourth-order valence-corrected chi connectivity index (χ4v) is 2.82. The van der Waals surface area contributed by atoms with Crippen molar-refractivity contribution in [3.63, 3.8) is 0 Å². The topological polar surface area (TPSA) is 39.5 Å². The van der Waals surface area contributed by atoms with Gasteiger partial charge in [-0.25, -0.2) is 0 Å². The van der Waals surface area contributed by atoms with Crippen molar-refractivity contribution in [3.8, 4) is 0 Å². The smallest absolute Gasteiger partial charge is 0.170 e. The summed E-state index contributed by atoms with van der Waals surface area (Å²) >= 11 is 0. The zero-order valence-electron chi connectivity index (χ0n) is 11.8. The Morgan fingerprint density at radius 2 is 1.95 bits per heavy atom. The Labute approximate surface area is 114 Å². The summed E-state index contributed by atoms with van der Waals surface area (Å²) in [6, 6.07) is 2.55. The second-order valence-corrected chi connectivity index (χ2v) is 5.76. The highest BCUT2D eigenvalue weighted by atomic mass is 16.7. The van der Waals surface area contributed by atoms with Gasteiger partial charge in [-0.1, -0.05) is 0 Å². The molecule has 0 N–H and O–H groups in total. The molecular weight excluding hydrogens is 242 g/mol. The van der Waals surface area contributed by atoms with E-state index < -0.39 is 0 Å². The zero-order chi connectivity index (χ0) is 13.3. The van der Waals surface area contributed by atoms with Crippen molar-refractivity contribution in [2.45, 2.75) is 45.1 Å². The summed E-state index contributed by atoms with van der Waals surface area (Å²) in [4.78, 5) is 2.43. The fourth-order valence-electron chi connectivity index (χ4n) is 2.82. The van der Waals surface area contributed by atoms with E-state index in [2.05, 4.69) is 36.1 Å². The number of hydrogen-bond acceptors (Lipinski definition) is 4. The van der Waals surface area contributed by atoms with Crippen molar-refractivity contribution in [3.05, 3.63) is 18.0 Å². The lowest BCUT2D eigenvalue weighted by Gasteiger charge is -2.37. The number of ether oxygens (including phenoxy) is 2. The van der Waals surface area contributed by atoms with Gasteiger partial charge in [0.05, 0.1) is 18.9 Å². The molecule has 0 unspecified atom stereocenters. The van der Waals surface area contributed by atoms with Crippen LogP contribution in [0.25, 0.3) is 0 Å². The molecule has 5 heteroatoms. The first-order valence-corrected chi connectivity index (χ1v) is 7.21. The summed E-state index contributed by atoms with van der Waals surface area (Å²) in [5.41, 5.74) is 1.15. The maximum absolute atomic E-state index is 5.75. The molecule has 3 heterocycles. The number of likely N-dealkylation sites (tertiary alicyclic amines) is 1. The van der Waals surface area contributed by atoms with Crippen molar-refractivity contribution >= 4 is 0 Å². The number of nitrogens with zero attached hydrogens (tertiary/aromatic N) is 3. The Bertz CT molecular complexity index is 414. The van der Waals surface area contributed by atoms with E-state index >= 15 is 0 Å². The van der Waals surface area contributed by atoms with Crippen LogP contribution in [0.2, 0.25) is 0 Å². The molecule has 2 aliphatic heterocycles. The third-order valence-corrected chi connectivity index (χ3v) is 4.01. The Hall–Kier alpha value is -0.910. The van der Waals surface area contributed by atoms with Gasteiger partial charge in [0.1, 0.15) is 0 Å². The molecular formula is C14H23N3O2. The summed E-state index contributed by atoms with van der Waals surface area (Å²) in [5, 5.41) is 4.61. The van der Waals surface area contributed by atoms with Crippen LogP contribution >= 0.6 is 0 Å². The Balaban J connectivity index is 1.54. The largest absolute Gasteiger partial charge is 0.347 e. The van der Waals surface area contributed by atoms with Gasteiger partial charge in [-0.3, -0.25) is 9.58 Å². The third-order valence-electron chi connectivity index (χ3n) is 4.01. The van der Waals surface area contributed by atoms with Crippen molar-refractivity contribution in [2.75, 3.05) is 26.3 Å². The molecule has 1 aromatic rings. The predicted molar refractivity (Wildman–Crippen MR) is 71.8 cm³/mol. The molecule has 0 saturated carbocycles. The SMILES string of the molecule is CC(C)n1ccc(CN2CCC3(CC2)OCCO3)n1. The standard InChI is InChI=1S/C14H23N3O2/c1-12(2)17-6-3-13(15-17)11-16-7-4-14(5-8-16)18-9-10-19-14/h3,6,12H,4-5,7-11H2,1-2H3. The summed E-state index contributed by atoms with van der Waals surface area (Å²) < 4.78 is 13.5. The molecule has 0 amide bonds. The zero-order valence-corrected chi connectivity index (χ0v) is 11.8. The van der Waals surface area contributed by atoms with Gasteiger partial charge in [0, 0.05) is 44.7 Å². The maximum atomic E-state index is 5.75. The third kappa shape index (κ3) is 2.83. The highest BCUT2D eigenvalue weighted by Gasteiger charge is 2.39. The van der Waals surface area contributed by atoms with Crippen molar-refractivity contribution < 1.29 is 9.47 Å². The highest BCUT2D eigenvalue weighted by molar-refractivity contribution is 5.00. The second kappa shape index (κ2) is 5.23. The van der Waals surface area contributed by atoms with Gasteiger partial charge in [-0.2, -0.15) is 5.10 Å². The Morgan fingerprint density at radius 3 is 2.53 bits per heavy atom. The van der Waals surface area contributed by atoms with Crippen LogP contribution in [-0.4, -0.2) is 46.8 Å². The molecule has 0 aliphatic carbocycles. The Kier molecular flexibility index (Phi) is 3.60. The normalized spacial score (nSPS) is 23.5. The molecule has 1 aromatic heterocycles. The van der Waals surface area contributed by atoms with Crippen LogP contribution in [0.4, 0.5) is 0 Å². The van der Waals surface area contributed by atoms with E-state index in [1.54, 1.807) is 0 Å². The van der Waals surface area contributed by atoms with Crippen LogP contribution in [0, 0.1) is 0 Å². The van der Waals surface area contributed by atoms with E-state index in [0.717, 1.165) is 51.4 Å². The fraction of sp³-hybridized carbons (Fsp3) is 0.786. The number of aromatic nitrogens is 2. The lowest BCUT2D eigenvalue weighted by atomic mass is 10.0. The number of piperidine rings is 1. The predicted octanol–water partition coefficient (Wildman–Crippen LogP) is 1.80. The average molecular weight is 265 g/mol. The van der Waals surface area contributed by atoms with Crippen LogP contribution in [0.3, 0.4) is 0 Å². The molecule has 0 radical (unpaired) electrons. The molecule has 2 fully saturated rings. The molecule has 106 valence electrons. The molecule has 1 spiro atoms. The van der Waals surface area contributed by atoms with Crippen LogP contribution in [0.15, 0.2) is 12.3 Å². The van der Waals surface area contributed by atoms with Crippen molar-refractivity contribution in [2.24, 2.45) is 0 Å². The summed E-state index contributed by atoms with van der Waals surface area (Å²) in [6.07, 6.45) is 4.00. The highest BCUT2D eigenvalue weighted by Crippen LogP contribution is 2.31. The number of rotatable bonds is 3. The number of hydrogen-bond donors (Lipinski definition) is 0. The lowest BCUT2D eigenvalue weighted by Crippen LogP contribution is -2.44. The quantitative estimate of drug-likeness (QED) is 0.835. The van der Waals surface area contributed by atoms with Gasteiger partial charge in [-0.05, 0) is 19.9 Å². The van der Waals surface area contributed by atoms with Gasteiger partial charge >= 0.3 is 0 Å². The van der Waals surface area contributed by atoms with Gasteiger partial charge < -0.3 is 9.47 Å². The van der Waals surface area contributed by atoms with Crippen LogP contribution in [0.1, 0.15) is 38.4 Å². The molecule has 2 saturated heterocycles. The van der Waals surface area contributed by atoms with Crippen LogP contribution in [0.5, 0.6) is 0 Å². The van der Waals surface area contributed by atoms with E-state index in [-0.39, 0.29) is 5.79 Å². The lowest BCUT2D eigenvalue weighted by molar-refractivity contribution is -0.185. The molecule has 3 rings (SSSR count). The molecule has 19 heavy (non-hydrogen) atoms. The van der Waals surface area contributed by atoms with E-state index in [0.29, 0.717) is 6.04 Å². The summed E-state index contributed by atoms with van der Waals surface area (Å²) in [5.74, 6) is -0.270.